The van der Waals surface area contributed by atoms with Crippen molar-refractivity contribution in [2.75, 3.05) is 13.1 Å². The number of nitrogens with one attached hydrogen (secondary N) is 1. The molecule has 0 amide bonds. The van der Waals surface area contributed by atoms with E-state index in [9.17, 15) is 0 Å². The lowest BCUT2D eigenvalue weighted by molar-refractivity contribution is 0.262. The highest BCUT2D eigenvalue weighted by Crippen LogP contribution is 2.60. The first kappa shape index (κ1) is 19.2. The van der Waals surface area contributed by atoms with Crippen molar-refractivity contribution in [1.29, 1.82) is 0 Å². The van der Waals surface area contributed by atoms with Crippen molar-refractivity contribution < 1.29 is 4.74 Å². The lowest BCUT2D eigenvalue weighted by Crippen LogP contribution is -2.64. The third-order valence-electron chi connectivity index (χ3n) is 8.24. The predicted molar refractivity (Wildman–Crippen MR) is 135 cm³/mol. The first-order valence-corrected chi connectivity index (χ1v) is 12.1. The molecule has 0 radical (unpaired) electrons. The van der Waals surface area contributed by atoms with Gasteiger partial charge in [-0.1, -0.05) is 102 Å². The second-order valence-corrected chi connectivity index (χ2v) is 9.64. The maximum absolute atomic E-state index is 6.49. The average molecular weight is 427 g/mol. The summed E-state index contributed by atoms with van der Waals surface area (Å²) in [6.45, 7) is 2.48. The van der Waals surface area contributed by atoms with Crippen LogP contribution >= 0.6 is 0 Å². The Labute approximate surface area is 195 Å². The van der Waals surface area contributed by atoms with E-state index >= 15 is 0 Å². The third-order valence-corrected chi connectivity index (χ3v) is 8.24. The van der Waals surface area contributed by atoms with Gasteiger partial charge in [0.15, 0.2) is 0 Å². The van der Waals surface area contributed by atoms with Crippen LogP contribution in [0.25, 0.3) is 0 Å². The van der Waals surface area contributed by atoms with E-state index in [0.29, 0.717) is 18.4 Å². The molecule has 0 aliphatic carbocycles. The van der Waals surface area contributed by atoms with Crippen molar-refractivity contribution in [2.24, 2.45) is 5.92 Å². The van der Waals surface area contributed by atoms with Crippen LogP contribution in [-0.2, 0) is 5.41 Å². The number of hydrogen-bond acceptors (Lipinski definition) is 2. The second kappa shape index (κ2) is 7.36. The van der Waals surface area contributed by atoms with Crippen LogP contribution in [-0.4, -0.2) is 19.8 Å². The first-order valence-electron chi connectivity index (χ1n) is 12.1. The Hall–Kier alpha value is -3.30. The zero-order chi connectivity index (χ0) is 21.8. The van der Waals surface area contributed by atoms with Gasteiger partial charge in [0.2, 0.25) is 6.71 Å². The molecule has 4 aromatic carbocycles. The van der Waals surface area contributed by atoms with Crippen LogP contribution < -0.4 is 21.0 Å². The summed E-state index contributed by atoms with van der Waals surface area (Å²) >= 11 is 0. The molecular weight excluding hydrogens is 401 g/mol. The molecule has 1 N–H and O–H groups in total. The molecule has 3 heterocycles. The molecule has 0 aromatic heterocycles. The molecule has 3 heteroatoms. The number of para-hydroxylation sites is 2. The summed E-state index contributed by atoms with van der Waals surface area (Å²) in [5.74, 6) is 2.96. The van der Waals surface area contributed by atoms with Gasteiger partial charge in [0.05, 0.1) is 5.41 Å². The van der Waals surface area contributed by atoms with Crippen molar-refractivity contribution in [3.63, 3.8) is 0 Å². The fourth-order valence-corrected chi connectivity index (χ4v) is 7.11. The van der Waals surface area contributed by atoms with Crippen molar-refractivity contribution in [1.82, 2.24) is 5.32 Å². The second-order valence-electron chi connectivity index (χ2n) is 9.64. The highest BCUT2D eigenvalue weighted by atomic mass is 16.5. The zero-order valence-electron chi connectivity index (χ0n) is 18.6. The molecule has 3 aliphatic rings. The Morgan fingerprint density at radius 3 is 2.03 bits per heavy atom. The normalized spacial score (nSPS) is 21.9. The number of fused-ring (bicyclic) bond motifs is 8. The van der Waals surface area contributed by atoms with Crippen LogP contribution in [0.1, 0.15) is 23.1 Å². The number of hydrogen-bond donors (Lipinski definition) is 1. The molecule has 3 aliphatic heterocycles. The Morgan fingerprint density at radius 2 is 1.30 bits per heavy atom. The van der Waals surface area contributed by atoms with Gasteiger partial charge >= 0.3 is 0 Å². The highest BCUT2D eigenvalue weighted by Gasteiger charge is 2.58. The van der Waals surface area contributed by atoms with Crippen molar-refractivity contribution in [3.05, 3.63) is 120 Å². The van der Waals surface area contributed by atoms with E-state index in [4.69, 9.17) is 4.74 Å². The molecule has 160 valence electrons. The van der Waals surface area contributed by atoms with Gasteiger partial charge < -0.3 is 10.1 Å². The highest BCUT2D eigenvalue weighted by molar-refractivity contribution is 6.87. The fraction of sp³-hybridized carbons (Fsp3) is 0.200. The minimum atomic E-state index is -0.231. The van der Waals surface area contributed by atoms with E-state index in [1.807, 2.05) is 0 Å². The van der Waals surface area contributed by atoms with E-state index < -0.39 is 0 Å². The maximum Gasteiger partial charge on any atom is 0.213 e. The minimum absolute atomic E-state index is 0.231. The summed E-state index contributed by atoms with van der Waals surface area (Å²) in [5.41, 5.74) is 6.73. The Bertz CT molecular complexity index is 1290. The Morgan fingerprint density at radius 1 is 0.697 bits per heavy atom. The minimum Gasteiger partial charge on any atom is -0.457 e. The molecule has 7 rings (SSSR count). The van der Waals surface area contributed by atoms with Gasteiger partial charge in [-0.25, -0.2) is 0 Å². The summed E-state index contributed by atoms with van der Waals surface area (Å²) in [6.07, 6.45) is 1.17. The number of piperidine rings is 1. The molecule has 1 fully saturated rings. The van der Waals surface area contributed by atoms with Gasteiger partial charge in [-0.2, -0.15) is 0 Å². The van der Waals surface area contributed by atoms with E-state index in [1.165, 1.54) is 34.0 Å². The van der Waals surface area contributed by atoms with Gasteiger partial charge in [0.1, 0.15) is 11.5 Å². The van der Waals surface area contributed by atoms with Crippen molar-refractivity contribution in [2.45, 2.75) is 17.7 Å². The monoisotopic (exact) mass is 427 g/mol. The molecule has 2 unspecified atom stereocenters. The van der Waals surface area contributed by atoms with E-state index in [1.54, 1.807) is 0 Å². The lowest BCUT2D eigenvalue weighted by atomic mass is 9.24. The van der Waals surface area contributed by atoms with Crippen LogP contribution in [0.5, 0.6) is 11.5 Å². The fourth-order valence-electron chi connectivity index (χ4n) is 7.11. The smallest absolute Gasteiger partial charge is 0.213 e. The molecule has 2 atom stereocenters. The summed E-state index contributed by atoms with van der Waals surface area (Å²) in [6, 6.07) is 37.8. The van der Waals surface area contributed by atoms with E-state index in [0.717, 1.165) is 24.6 Å². The molecule has 1 saturated heterocycles. The number of benzene rings is 4. The first-order chi connectivity index (χ1) is 16.4. The summed E-state index contributed by atoms with van der Waals surface area (Å²) < 4.78 is 6.49. The van der Waals surface area contributed by atoms with Gasteiger partial charge in [-0.15, -0.1) is 0 Å². The predicted octanol–water partition coefficient (Wildman–Crippen LogP) is 4.73. The van der Waals surface area contributed by atoms with Crippen LogP contribution in [0.15, 0.2) is 103 Å². The summed E-state index contributed by atoms with van der Waals surface area (Å²) in [4.78, 5) is 0. The number of rotatable bonds is 1. The van der Waals surface area contributed by atoms with Crippen molar-refractivity contribution >= 4 is 17.6 Å². The van der Waals surface area contributed by atoms with Gasteiger partial charge in [0.25, 0.3) is 0 Å². The molecule has 33 heavy (non-hydrogen) atoms. The molecule has 0 bridgehead atoms. The Kier molecular flexibility index (Phi) is 4.28. The SMILES string of the molecule is c1ccc(B2c3ccccc3C3(c4ccccc4Oc4ccccc43)C3CNCCC23)cc1. The molecule has 1 spiro atoms. The Balaban J connectivity index is 1.61. The van der Waals surface area contributed by atoms with Crippen LogP contribution in [0.4, 0.5) is 0 Å². The topological polar surface area (TPSA) is 21.3 Å². The third kappa shape index (κ3) is 2.60. The van der Waals surface area contributed by atoms with Crippen molar-refractivity contribution in [3.8, 4) is 11.5 Å². The maximum atomic E-state index is 6.49. The molecule has 2 nitrogen and oxygen atoms in total. The van der Waals surface area contributed by atoms with Crippen LogP contribution in [0.3, 0.4) is 0 Å². The average Bonchev–Trinajstić information content (AvgIpc) is 2.89. The summed E-state index contributed by atoms with van der Waals surface area (Å²) in [7, 11) is 0. The standard InChI is InChI=1S/C30H26BNO/c1-2-10-21(11-3-1)31-26-15-7-4-12-22(26)30(25-20-32-19-18-27(25)31)23-13-5-8-16-28(23)33-29-17-9-6-14-24(29)30/h1-17,25,27,32H,18-20H2. The van der Waals surface area contributed by atoms with Crippen LogP contribution in [0, 0.1) is 5.92 Å². The lowest BCUT2D eigenvalue weighted by Gasteiger charge is -2.56. The van der Waals surface area contributed by atoms with E-state index in [2.05, 4.69) is 108 Å². The summed E-state index contributed by atoms with van der Waals surface area (Å²) in [5, 5.41) is 3.78. The number of ether oxygens (including phenoxy) is 1. The quantitative estimate of drug-likeness (QED) is 0.444. The molecule has 4 aromatic rings. The molecular formula is C30H26BNO. The molecule has 0 saturated carbocycles. The largest absolute Gasteiger partial charge is 0.457 e. The van der Waals surface area contributed by atoms with E-state index in [-0.39, 0.29) is 5.41 Å². The van der Waals surface area contributed by atoms with Gasteiger partial charge in [-0.3, -0.25) is 0 Å². The van der Waals surface area contributed by atoms with Gasteiger partial charge in [0, 0.05) is 11.1 Å². The van der Waals surface area contributed by atoms with Crippen LogP contribution in [0.2, 0.25) is 5.82 Å². The zero-order valence-corrected chi connectivity index (χ0v) is 18.6. The van der Waals surface area contributed by atoms with Gasteiger partial charge in [-0.05, 0) is 48.9 Å².